The summed E-state index contributed by atoms with van der Waals surface area (Å²) in [6.07, 6.45) is 0. The van der Waals surface area contributed by atoms with Crippen LogP contribution in [0.15, 0.2) is 211 Å². The van der Waals surface area contributed by atoms with Crippen LogP contribution in [-0.4, -0.2) is 4.57 Å². The molecule has 11 rings (SSSR count). The van der Waals surface area contributed by atoms with E-state index in [1.54, 1.807) is 0 Å². The molecule has 2 heterocycles. The second kappa shape index (κ2) is 12.6. The third-order valence-corrected chi connectivity index (χ3v) is 11.0. The number of furan rings is 1. The number of rotatable bonds is 6. The first-order valence-corrected chi connectivity index (χ1v) is 18.8. The Morgan fingerprint density at radius 3 is 1.78 bits per heavy atom. The van der Waals surface area contributed by atoms with Crippen LogP contribution in [0.1, 0.15) is 0 Å². The first-order chi connectivity index (χ1) is 27.3. The average Bonchev–Trinajstić information content (AvgIpc) is 3.81. The third kappa shape index (κ3) is 5.13. The van der Waals surface area contributed by atoms with E-state index in [-0.39, 0.29) is 0 Å². The number of fused-ring (bicyclic) bond motifs is 8. The van der Waals surface area contributed by atoms with Gasteiger partial charge >= 0.3 is 0 Å². The number of nitrogens with zero attached hydrogens (tertiary/aromatic N) is 2. The van der Waals surface area contributed by atoms with Crippen molar-refractivity contribution < 1.29 is 4.42 Å². The smallest absolute Gasteiger partial charge is 0.138 e. The predicted octanol–water partition coefficient (Wildman–Crippen LogP) is 14.6. The van der Waals surface area contributed by atoms with E-state index in [0.29, 0.717) is 0 Å². The molecule has 0 amide bonds. The summed E-state index contributed by atoms with van der Waals surface area (Å²) in [5.74, 6) is 0. The van der Waals surface area contributed by atoms with Crippen molar-refractivity contribution in [3.05, 3.63) is 206 Å². The van der Waals surface area contributed by atoms with Crippen molar-refractivity contribution in [3.63, 3.8) is 0 Å². The first kappa shape index (κ1) is 31.2. The molecule has 0 bridgehead atoms. The molecule has 0 unspecified atom stereocenters. The van der Waals surface area contributed by atoms with Crippen molar-refractivity contribution in [2.75, 3.05) is 4.90 Å². The van der Waals surface area contributed by atoms with Gasteiger partial charge in [0.15, 0.2) is 0 Å². The second-order valence-electron chi connectivity index (χ2n) is 14.1. The van der Waals surface area contributed by atoms with Crippen LogP contribution in [0.2, 0.25) is 0 Å². The maximum atomic E-state index is 6.86. The molecule has 3 heteroatoms. The highest BCUT2D eigenvalue weighted by atomic mass is 16.3. The van der Waals surface area contributed by atoms with Crippen molar-refractivity contribution in [3.8, 4) is 27.9 Å². The quantitative estimate of drug-likeness (QED) is 0.172. The molecule has 3 nitrogen and oxygen atoms in total. The van der Waals surface area contributed by atoms with E-state index in [4.69, 9.17) is 4.42 Å². The van der Waals surface area contributed by atoms with Gasteiger partial charge in [0, 0.05) is 33.2 Å². The van der Waals surface area contributed by atoms with Gasteiger partial charge in [-0.2, -0.15) is 0 Å². The van der Waals surface area contributed by atoms with E-state index >= 15 is 0 Å². The Morgan fingerprint density at radius 2 is 0.982 bits per heavy atom. The summed E-state index contributed by atoms with van der Waals surface area (Å²) in [5, 5.41) is 7.04. The Hall–Kier alpha value is -7.36. The molecule has 0 N–H and O–H groups in total. The molecule has 0 saturated heterocycles. The minimum Gasteiger partial charge on any atom is -0.456 e. The highest BCUT2D eigenvalue weighted by molar-refractivity contribution is 6.24. The van der Waals surface area contributed by atoms with Crippen LogP contribution in [-0.2, 0) is 0 Å². The molecule has 0 atom stereocenters. The average molecular weight is 703 g/mol. The highest BCUT2D eigenvalue weighted by Crippen LogP contribution is 2.47. The molecule has 11 aromatic rings. The van der Waals surface area contributed by atoms with E-state index in [2.05, 4.69) is 216 Å². The predicted molar refractivity (Wildman–Crippen MR) is 231 cm³/mol. The lowest BCUT2D eigenvalue weighted by atomic mass is 9.97. The summed E-state index contributed by atoms with van der Waals surface area (Å²) in [5.41, 5.74) is 13.0. The maximum Gasteiger partial charge on any atom is 0.138 e. The van der Waals surface area contributed by atoms with E-state index in [1.807, 2.05) is 0 Å². The van der Waals surface area contributed by atoms with Gasteiger partial charge < -0.3 is 13.9 Å². The summed E-state index contributed by atoms with van der Waals surface area (Å²) in [7, 11) is 0. The molecule has 0 saturated carbocycles. The van der Waals surface area contributed by atoms with Gasteiger partial charge in [-0.05, 0) is 99.8 Å². The van der Waals surface area contributed by atoms with Crippen molar-refractivity contribution in [2.24, 2.45) is 0 Å². The van der Waals surface area contributed by atoms with Crippen LogP contribution < -0.4 is 4.90 Å². The van der Waals surface area contributed by atoms with Gasteiger partial charge in [0.2, 0.25) is 0 Å². The highest BCUT2D eigenvalue weighted by Gasteiger charge is 2.23. The van der Waals surface area contributed by atoms with Gasteiger partial charge in [-0.15, -0.1) is 0 Å². The summed E-state index contributed by atoms with van der Waals surface area (Å²) in [4.78, 5) is 2.39. The molecular weight excluding hydrogens is 669 g/mol. The van der Waals surface area contributed by atoms with Crippen molar-refractivity contribution in [1.29, 1.82) is 0 Å². The van der Waals surface area contributed by atoms with Crippen molar-refractivity contribution >= 4 is 71.6 Å². The molecule has 258 valence electrons. The molecule has 2 aromatic heterocycles. The van der Waals surface area contributed by atoms with Gasteiger partial charge in [0.05, 0.1) is 22.1 Å². The Bertz CT molecular complexity index is 3180. The van der Waals surface area contributed by atoms with Gasteiger partial charge in [-0.3, -0.25) is 0 Å². The number of hydrogen-bond donors (Lipinski definition) is 0. The zero-order valence-corrected chi connectivity index (χ0v) is 29.9. The Balaban J connectivity index is 1.20. The summed E-state index contributed by atoms with van der Waals surface area (Å²) in [6, 6.07) is 73.8. The van der Waals surface area contributed by atoms with E-state index < -0.39 is 0 Å². The molecule has 0 aliphatic heterocycles. The van der Waals surface area contributed by atoms with Crippen LogP contribution in [0, 0.1) is 0 Å². The monoisotopic (exact) mass is 702 g/mol. The van der Waals surface area contributed by atoms with Crippen LogP contribution in [0.3, 0.4) is 0 Å². The summed E-state index contributed by atoms with van der Waals surface area (Å²) in [6.45, 7) is 0. The van der Waals surface area contributed by atoms with E-state index in [1.165, 1.54) is 43.7 Å². The fraction of sp³-hybridized carbons (Fsp3) is 0. The standard InChI is InChI=1S/C52H34N2O/c1-4-14-35(15-5-1)36-24-28-42(29-25-36)53(40-17-6-2-7-18-40)48-33-39(34-50-52(48)51-43-21-11-10-16-37(43)27-31-49(51)55-50)38-26-30-45-44-22-12-13-23-46(44)54(47(45)32-38)41-19-8-3-9-20-41/h1-34H. The zero-order chi connectivity index (χ0) is 36.3. The Labute approximate surface area is 318 Å². The van der Waals surface area contributed by atoms with Crippen molar-refractivity contribution in [2.45, 2.75) is 0 Å². The second-order valence-corrected chi connectivity index (χ2v) is 14.1. The number of para-hydroxylation sites is 3. The number of anilines is 3. The molecule has 0 aliphatic carbocycles. The Kier molecular flexibility index (Phi) is 7.17. The zero-order valence-electron chi connectivity index (χ0n) is 29.9. The first-order valence-electron chi connectivity index (χ1n) is 18.8. The van der Waals surface area contributed by atoms with E-state index in [0.717, 1.165) is 55.8 Å². The van der Waals surface area contributed by atoms with Gasteiger partial charge in [-0.25, -0.2) is 0 Å². The molecule has 0 fully saturated rings. The van der Waals surface area contributed by atoms with E-state index in [9.17, 15) is 0 Å². The maximum absolute atomic E-state index is 6.86. The summed E-state index contributed by atoms with van der Waals surface area (Å²) < 4.78 is 9.24. The molecule has 9 aromatic carbocycles. The van der Waals surface area contributed by atoms with Gasteiger partial charge in [0.25, 0.3) is 0 Å². The van der Waals surface area contributed by atoms with Crippen LogP contribution >= 0.6 is 0 Å². The SMILES string of the molecule is c1ccc(-c2ccc(N(c3ccccc3)c3cc(-c4ccc5c6ccccc6n(-c6ccccc6)c5c4)cc4oc5ccc6ccccc6c5c34)cc2)cc1. The Morgan fingerprint density at radius 1 is 0.364 bits per heavy atom. The number of aromatic nitrogens is 1. The fourth-order valence-corrected chi connectivity index (χ4v) is 8.43. The lowest BCUT2D eigenvalue weighted by Crippen LogP contribution is -2.10. The lowest BCUT2D eigenvalue weighted by Gasteiger charge is -2.27. The minimum absolute atomic E-state index is 0.851. The molecular formula is C52H34N2O. The van der Waals surface area contributed by atoms with Crippen LogP contribution in [0.25, 0.3) is 82.5 Å². The summed E-state index contributed by atoms with van der Waals surface area (Å²) >= 11 is 0. The van der Waals surface area contributed by atoms with Gasteiger partial charge in [0.1, 0.15) is 11.2 Å². The molecule has 55 heavy (non-hydrogen) atoms. The topological polar surface area (TPSA) is 21.3 Å². The third-order valence-electron chi connectivity index (χ3n) is 11.0. The van der Waals surface area contributed by atoms with Crippen LogP contribution in [0.4, 0.5) is 17.1 Å². The van der Waals surface area contributed by atoms with Crippen LogP contribution in [0.5, 0.6) is 0 Å². The molecule has 0 spiro atoms. The lowest BCUT2D eigenvalue weighted by molar-refractivity contribution is 0.669. The largest absolute Gasteiger partial charge is 0.456 e. The minimum atomic E-state index is 0.851. The molecule has 0 aliphatic rings. The normalized spacial score (nSPS) is 11.6. The number of benzene rings is 9. The number of hydrogen-bond acceptors (Lipinski definition) is 2. The van der Waals surface area contributed by atoms with Gasteiger partial charge in [-0.1, -0.05) is 140 Å². The fourth-order valence-electron chi connectivity index (χ4n) is 8.43. The molecule has 0 radical (unpaired) electrons. The van der Waals surface area contributed by atoms with Crippen molar-refractivity contribution in [1.82, 2.24) is 4.57 Å².